The van der Waals surface area contributed by atoms with Gasteiger partial charge < -0.3 is 20.2 Å². The molecule has 0 unspecified atom stereocenters. The minimum atomic E-state index is -4.64. The van der Waals surface area contributed by atoms with Crippen molar-refractivity contribution in [1.29, 1.82) is 0 Å². The molecule has 52 valence electrons. The van der Waals surface area contributed by atoms with Gasteiger partial charge in [-0.3, -0.25) is 0 Å². The van der Waals surface area contributed by atoms with Crippen LogP contribution in [0.5, 0.6) is 0 Å². The molecule has 0 rings (SSSR count). The molecule has 0 aliphatic rings. The molecule has 6 N–H and O–H groups in total. The van der Waals surface area contributed by atoms with Crippen LogP contribution in [0.4, 0.5) is 0 Å². The van der Waals surface area contributed by atoms with Crippen molar-refractivity contribution in [3.63, 3.8) is 0 Å². The molecule has 0 atom stereocenters. The van der Waals surface area contributed by atoms with Gasteiger partial charge >= 0.3 is 30.7 Å². The van der Waals surface area contributed by atoms with Crippen LogP contribution in [0.3, 0.4) is 0 Å². The van der Waals surface area contributed by atoms with Crippen LogP contribution in [0, 0.1) is 0 Å². The van der Waals surface area contributed by atoms with Crippen molar-refractivity contribution in [3.8, 4) is 0 Å². The number of phosphoric acid groups is 1. The first-order valence-electron chi connectivity index (χ1n) is 1.23. The summed E-state index contributed by atoms with van der Waals surface area (Å²) in [5.41, 5.74) is 0. The molecule has 0 fully saturated rings. The first-order chi connectivity index (χ1) is 3.00. The summed E-state index contributed by atoms with van der Waals surface area (Å²) >= 11 is 0.0625. The summed E-state index contributed by atoms with van der Waals surface area (Å²) < 4.78 is 16.1. The molecule has 0 saturated carbocycles. The van der Waals surface area contributed by atoms with Crippen molar-refractivity contribution in [3.05, 3.63) is 0 Å². The van der Waals surface area contributed by atoms with E-state index in [4.69, 9.17) is 23.1 Å². The first kappa shape index (κ1) is 15.9. The van der Waals surface area contributed by atoms with Crippen LogP contribution >= 0.6 is 7.82 Å². The zero-order valence-electron chi connectivity index (χ0n) is 4.14. The van der Waals surface area contributed by atoms with Gasteiger partial charge in [-0.05, 0) is 0 Å². The molecule has 0 radical (unpaired) electrons. The third-order valence-electron chi connectivity index (χ3n) is 0. The Bertz CT molecular complexity index is 54.7. The van der Waals surface area contributed by atoms with E-state index in [-0.39, 0.29) is 24.4 Å². The van der Waals surface area contributed by atoms with Gasteiger partial charge in [0.1, 0.15) is 0 Å². The van der Waals surface area contributed by atoms with Crippen molar-refractivity contribution >= 4 is 26.8 Å². The summed E-state index contributed by atoms with van der Waals surface area (Å²) in [7, 11) is -4.64. The van der Waals surface area contributed by atoms with Crippen molar-refractivity contribution in [2.24, 2.45) is 0 Å². The predicted octanol–water partition coefficient (Wildman–Crippen LogP) is -3.23. The monoisotopic (exact) mass is 204 g/mol. The Balaban J connectivity index is -0.0000000750. The Kier molecular flexibility index (Phi) is 15.2. The van der Waals surface area contributed by atoms with Gasteiger partial charge in [-0.25, -0.2) is 4.57 Å². The van der Waals surface area contributed by atoms with Gasteiger partial charge in [0.25, 0.3) is 0 Å². The Labute approximate surface area is 56.0 Å². The maximum atomic E-state index is 8.88. The fraction of sp³-hybridized carbons (Fsp3) is 0. The van der Waals surface area contributed by atoms with Crippen LogP contribution in [0.25, 0.3) is 0 Å². The molecule has 0 amide bonds. The van der Waals surface area contributed by atoms with E-state index in [0.29, 0.717) is 0 Å². The molecular formula is H8GaO6P. The van der Waals surface area contributed by atoms with E-state index in [2.05, 4.69) is 0 Å². The molecule has 0 saturated heterocycles. The molecule has 8 heteroatoms. The van der Waals surface area contributed by atoms with Crippen LogP contribution in [0.2, 0.25) is 0 Å². The molecule has 8 heavy (non-hydrogen) atoms. The molecule has 0 aromatic rings. The fourth-order valence-corrected chi connectivity index (χ4v) is 0. The van der Waals surface area contributed by atoms with Gasteiger partial charge in [-0.2, -0.15) is 0 Å². The van der Waals surface area contributed by atoms with Crippen LogP contribution in [0.15, 0.2) is 0 Å². The molecular weight excluding hydrogens is 197 g/mol. The molecule has 0 bridgehead atoms. The normalized spacial score (nSPS) is 8.00. The van der Waals surface area contributed by atoms with Gasteiger partial charge in [0.05, 0.1) is 0 Å². The summed E-state index contributed by atoms with van der Waals surface area (Å²) in [4.78, 5) is 21.6. The summed E-state index contributed by atoms with van der Waals surface area (Å²) in [5.74, 6) is 0. The van der Waals surface area contributed by atoms with Crippen molar-refractivity contribution < 1.29 is 28.6 Å². The predicted molar refractivity (Wildman–Crippen MR) is 28.6 cm³/mol. The average Bonchev–Trinajstić information content (AvgIpc) is 1.36. The SMILES string of the molecule is O.O=P(O)(O)O.[OH][GaH2]. The first-order valence-corrected chi connectivity index (χ1v) is 4.67. The Hall–Kier alpha value is 0.666. The second kappa shape index (κ2) is 7.67. The van der Waals surface area contributed by atoms with Crippen LogP contribution in [0.1, 0.15) is 0 Å². The summed E-state index contributed by atoms with van der Waals surface area (Å²) in [6, 6.07) is 0. The topological polar surface area (TPSA) is 129 Å². The molecule has 0 spiro atoms. The van der Waals surface area contributed by atoms with Crippen LogP contribution in [-0.4, -0.2) is 43.0 Å². The van der Waals surface area contributed by atoms with Gasteiger partial charge in [-0.15, -0.1) is 0 Å². The van der Waals surface area contributed by atoms with E-state index in [1.165, 1.54) is 0 Å². The fourth-order valence-electron chi connectivity index (χ4n) is 0. The number of hydrogen-bond donors (Lipinski definition) is 4. The molecule has 0 aromatic heterocycles. The molecule has 0 heterocycles. The third kappa shape index (κ3) is 482. The van der Waals surface area contributed by atoms with E-state index in [1.54, 1.807) is 0 Å². The van der Waals surface area contributed by atoms with Crippen molar-refractivity contribution in [2.75, 3.05) is 0 Å². The number of hydrogen-bond acceptors (Lipinski definition) is 2. The standard InChI is InChI=1S/Ga.H3O4P.2H2O.2H/c;1-5(2,3)4;;;;/h;(H3,1,2,3,4);2*1H2;;/q+1;;;;;/p-1. The zero-order valence-corrected chi connectivity index (χ0v) is 9.23. The van der Waals surface area contributed by atoms with E-state index >= 15 is 0 Å². The summed E-state index contributed by atoms with van der Waals surface area (Å²) in [5, 5.41) is 0. The minimum absolute atomic E-state index is 0. The van der Waals surface area contributed by atoms with Gasteiger partial charge in [0.2, 0.25) is 0 Å². The maximum absolute atomic E-state index is 8.88. The Morgan fingerprint density at radius 3 is 1.12 bits per heavy atom. The van der Waals surface area contributed by atoms with Crippen LogP contribution < -0.4 is 0 Å². The molecule has 0 aliphatic heterocycles. The Morgan fingerprint density at radius 1 is 1.12 bits per heavy atom. The number of rotatable bonds is 0. The Morgan fingerprint density at radius 2 is 1.12 bits per heavy atom. The zero-order chi connectivity index (χ0) is 6.50. The van der Waals surface area contributed by atoms with E-state index < -0.39 is 7.82 Å². The summed E-state index contributed by atoms with van der Waals surface area (Å²) in [6.07, 6.45) is 0. The second-order valence-electron chi connectivity index (χ2n) is 0.513. The average molecular weight is 205 g/mol. The second-order valence-corrected chi connectivity index (χ2v) is 1.54. The molecule has 0 aromatic carbocycles. The summed E-state index contributed by atoms with van der Waals surface area (Å²) in [6.45, 7) is 0. The van der Waals surface area contributed by atoms with Gasteiger partial charge in [0.15, 0.2) is 0 Å². The quantitative estimate of drug-likeness (QED) is 0.244. The van der Waals surface area contributed by atoms with E-state index in [1.807, 2.05) is 0 Å². The third-order valence-corrected chi connectivity index (χ3v) is 0. The molecule has 6 nitrogen and oxygen atoms in total. The van der Waals surface area contributed by atoms with Gasteiger partial charge in [-0.1, -0.05) is 0 Å². The van der Waals surface area contributed by atoms with Crippen molar-refractivity contribution in [2.45, 2.75) is 0 Å². The van der Waals surface area contributed by atoms with E-state index in [9.17, 15) is 0 Å². The van der Waals surface area contributed by atoms with E-state index in [0.717, 1.165) is 0 Å². The molecule has 0 aliphatic carbocycles. The van der Waals surface area contributed by atoms with Crippen LogP contribution in [-0.2, 0) is 4.57 Å². The van der Waals surface area contributed by atoms with Crippen molar-refractivity contribution in [1.82, 2.24) is 0 Å². The van der Waals surface area contributed by atoms with Gasteiger partial charge in [0, 0.05) is 0 Å².